The molecule has 0 bridgehead atoms. The molecule has 88 valence electrons. The maximum atomic E-state index is 11.6. The van der Waals surface area contributed by atoms with Gasteiger partial charge in [-0.15, -0.1) is 0 Å². The lowest BCUT2D eigenvalue weighted by atomic mass is 10.2. The Bertz CT molecular complexity index is 377. The van der Waals surface area contributed by atoms with Crippen molar-refractivity contribution >= 4 is 11.6 Å². The zero-order chi connectivity index (χ0) is 12.1. The van der Waals surface area contributed by atoms with E-state index < -0.39 is 6.04 Å². The smallest absolute Gasteiger partial charge is 0.241 e. The van der Waals surface area contributed by atoms with Crippen LogP contribution in [0.1, 0.15) is 18.9 Å². The highest BCUT2D eigenvalue weighted by atomic mass is 16.5. The van der Waals surface area contributed by atoms with Gasteiger partial charge in [0.1, 0.15) is 5.75 Å². The van der Waals surface area contributed by atoms with Gasteiger partial charge >= 0.3 is 0 Å². The van der Waals surface area contributed by atoms with E-state index in [9.17, 15) is 4.79 Å². The summed E-state index contributed by atoms with van der Waals surface area (Å²) in [7, 11) is 1.57. The van der Waals surface area contributed by atoms with Gasteiger partial charge in [0, 0.05) is 0 Å². The summed E-state index contributed by atoms with van der Waals surface area (Å²) in [4.78, 5) is 11.6. The molecule has 0 aromatic heterocycles. The molecule has 0 saturated heterocycles. The first-order valence-corrected chi connectivity index (χ1v) is 5.29. The predicted octanol–water partition coefficient (Wildman–Crippen LogP) is 1.68. The zero-order valence-corrected chi connectivity index (χ0v) is 9.91. The Balaban J connectivity index is 2.87. The molecule has 0 saturated carbocycles. The standard InChI is InChI=1S/C12H18N2O2/c1-4-9(13)12(15)14-10-7-8(2)5-6-11(10)16-3/h5-7,9H,4,13H2,1-3H3,(H,14,15)/t9-/m0/s1. The summed E-state index contributed by atoms with van der Waals surface area (Å²) in [5, 5.41) is 2.76. The minimum absolute atomic E-state index is 0.189. The molecule has 0 fully saturated rings. The van der Waals surface area contributed by atoms with Gasteiger partial charge in [0.05, 0.1) is 18.8 Å². The molecule has 0 unspecified atom stereocenters. The van der Waals surface area contributed by atoms with Crippen LogP contribution in [0.2, 0.25) is 0 Å². The fraction of sp³-hybridized carbons (Fsp3) is 0.417. The first kappa shape index (κ1) is 12.5. The molecular formula is C12H18N2O2. The van der Waals surface area contributed by atoms with E-state index in [2.05, 4.69) is 5.32 Å². The van der Waals surface area contributed by atoms with E-state index >= 15 is 0 Å². The molecule has 3 N–H and O–H groups in total. The number of ether oxygens (including phenoxy) is 1. The number of nitrogens with two attached hydrogens (primary N) is 1. The van der Waals surface area contributed by atoms with Crippen LogP contribution in [-0.4, -0.2) is 19.1 Å². The van der Waals surface area contributed by atoms with Crippen LogP contribution in [0, 0.1) is 6.92 Å². The number of hydrogen-bond donors (Lipinski definition) is 2. The first-order valence-electron chi connectivity index (χ1n) is 5.29. The zero-order valence-electron chi connectivity index (χ0n) is 9.91. The Kier molecular flexibility index (Phi) is 4.31. The normalized spacial score (nSPS) is 12.0. The van der Waals surface area contributed by atoms with Crippen LogP contribution in [0.3, 0.4) is 0 Å². The second-order valence-corrected chi connectivity index (χ2v) is 3.71. The summed E-state index contributed by atoms with van der Waals surface area (Å²) in [5.41, 5.74) is 7.36. The summed E-state index contributed by atoms with van der Waals surface area (Å²) >= 11 is 0. The number of anilines is 1. The Morgan fingerprint density at radius 3 is 2.81 bits per heavy atom. The molecule has 4 heteroatoms. The van der Waals surface area contributed by atoms with Gasteiger partial charge in [-0.1, -0.05) is 13.0 Å². The molecule has 1 amide bonds. The second-order valence-electron chi connectivity index (χ2n) is 3.71. The molecule has 0 radical (unpaired) electrons. The molecule has 16 heavy (non-hydrogen) atoms. The third-order valence-electron chi connectivity index (χ3n) is 2.39. The molecule has 0 aliphatic carbocycles. The first-order chi connectivity index (χ1) is 7.58. The number of nitrogens with one attached hydrogen (secondary N) is 1. The van der Waals surface area contributed by atoms with Crippen molar-refractivity contribution in [3.05, 3.63) is 23.8 Å². The fourth-order valence-electron chi connectivity index (χ4n) is 1.33. The molecule has 0 aliphatic rings. The minimum atomic E-state index is -0.481. The average Bonchev–Trinajstić information content (AvgIpc) is 2.28. The number of amides is 1. The summed E-state index contributed by atoms with van der Waals surface area (Å²) in [6.07, 6.45) is 0.611. The van der Waals surface area contributed by atoms with E-state index in [-0.39, 0.29) is 5.91 Å². The summed E-state index contributed by atoms with van der Waals surface area (Å²) in [5.74, 6) is 0.452. The van der Waals surface area contributed by atoms with E-state index in [0.29, 0.717) is 17.9 Å². The van der Waals surface area contributed by atoms with E-state index in [1.54, 1.807) is 7.11 Å². The molecule has 4 nitrogen and oxygen atoms in total. The van der Waals surface area contributed by atoms with Crippen LogP contribution >= 0.6 is 0 Å². The van der Waals surface area contributed by atoms with Crippen molar-refractivity contribution in [1.82, 2.24) is 0 Å². The van der Waals surface area contributed by atoms with Gasteiger partial charge in [0.25, 0.3) is 0 Å². The van der Waals surface area contributed by atoms with Gasteiger partial charge in [-0.3, -0.25) is 4.79 Å². The third-order valence-corrected chi connectivity index (χ3v) is 2.39. The van der Waals surface area contributed by atoms with Gasteiger partial charge in [0.15, 0.2) is 0 Å². The minimum Gasteiger partial charge on any atom is -0.495 e. The Labute approximate surface area is 95.8 Å². The summed E-state index contributed by atoms with van der Waals surface area (Å²) in [6, 6.07) is 5.13. The molecule has 0 aliphatic heterocycles. The van der Waals surface area contributed by atoms with Crippen LogP contribution in [0.5, 0.6) is 5.75 Å². The summed E-state index contributed by atoms with van der Waals surface area (Å²) in [6.45, 7) is 3.83. The second kappa shape index (κ2) is 5.51. The van der Waals surface area contributed by atoms with E-state index in [1.165, 1.54) is 0 Å². The van der Waals surface area contributed by atoms with Crippen molar-refractivity contribution in [3.63, 3.8) is 0 Å². The number of carbonyl (C=O) groups is 1. The van der Waals surface area contributed by atoms with Crippen molar-refractivity contribution in [2.24, 2.45) is 5.73 Å². The van der Waals surface area contributed by atoms with Gasteiger partial charge in [-0.2, -0.15) is 0 Å². The van der Waals surface area contributed by atoms with Crippen molar-refractivity contribution in [2.45, 2.75) is 26.3 Å². The highest BCUT2D eigenvalue weighted by Gasteiger charge is 2.13. The average molecular weight is 222 g/mol. The monoisotopic (exact) mass is 222 g/mol. The van der Waals surface area contributed by atoms with E-state index in [4.69, 9.17) is 10.5 Å². The number of hydrogen-bond acceptors (Lipinski definition) is 3. The number of methoxy groups -OCH3 is 1. The molecule has 1 atom stereocenters. The molecular weight excluding hydrogens is 204 g/mol. The predicted molar refractivity (Wildman–Crippen MR) is 64.6 cm³/mol. The lowest BCUT2D eigenvalue weighted by Crippen LogP contribution is -2.34. The van der Waals surface area contributed by atoms with Gasteiger partial charge < -0.3 is 15.8 Å². The van der Waals surface area contributed by atoms with Gasteiger partial charge in [-0.25, -0.2) is 0 Å². The third kappa shape index (κ3) is 2.97. The largest absolute Gasteiger partial charge is 0.495 e. The maximum absolute atomic E-state index is 11.6. The lowest BCUT2D eigenvalue weighted by molar-refractivity contribution is -0.117. The van der Waals surface area contributed by atoms with Crippen LogP contribution in [0.15, 0.2) is 18.2 Å². The quantitative estimate of drug-likeness (QED) is 0.814. The topological polar surface area (TPSA) is 64.4 Å². The van der Waals surface area contributed by atoms with Crippen molar-refractivity contribution in [1.29, 1.82) is 0 Å². The van der Waals surface area contributed by atoms with Gasteiger partial charge in [-0.05, 0) is 31.0 Å². The number of benzene rings is 1. The molecule has 1 aromatic carbocycles. The Morgan fingerprint density at radius 2 is 2.25 bits per heavy atom. The maximum Gasteiger partial charge on any atom is 0.241 e. The highest BCUT2D eigenvalue weighted by molar-refractivity contribution is 5.95. The van der Waals surface area contributed by atoms with Crippen LogP contribution in [0.4, 0.5) is 5.69 Å². The molecule has 0 spiro atoms. The Hall–Kier alpha value is -1.55. The van der Waals surface area contributed by atoms with Crippen LogP contribution < -0.4 is 15.8 Å². The molecule has 0 heterocycles. The SMILES string of the molecule is CC[C@H](N)C(=O)Nc1cc(C)ccc1OC. The van der Waals surface area contributed by atoms with Crippen molar-refractivity contribution in [2.75, 3.05) is 12.4 Å². The van der Waals surface area contributed by atoms with Crippen molar-refractivity contribution < 1.29 is 9.53 Å². The number of carbonyl (C=O) groups excluding carboxylic acids is 1. The van der Waals surface area contributed by atoms with Crippen molar-refractivity contribution in [3.8, 4) is 5.75 Å². The fourth-order valence-corrected chi connectivity index (χ4v) is 1.33. The lowest BCUT2D eigenvalue weighted by Gasteiger charge is -2.13. The highest BCUT2D eigenvalue weighted by Crippen LogP contribution is 2.25. The van der Waals surface area contributed by atoms with Crippen LogP contribution in [-0.2, 0) is 4.79 Å². The number of rotatable bonds is 4. The summed E-state index contributed by atoms with van der Waals surface area (Å²) < 4.78 is 5.16. The van der Waals surface area contributed by atoms with E-state index in [0.717, 1.165) is 5.56 Å². The molecule has 1 aromatic rings. The van der Waals surface area contributed by atoms with Crippen LogP contribution in [0.25, 0.3) is 0 Å². The van der Waals surface area contributed by atoms with Gasteiger partial charge in [0.2, 0.25) is 5.91 Å². The Morgan fingerprint density at radius 1 is 1.56 bits per heavy atom. The molecule has 1 rings (SSSR count). The van der Waals surface area contributed by atoms with E-state index in [1.807, 2.05) is 32.0 Å². The number of aryl methyl sites for hydroxylation is 1.